The molecule has 0 radical (unpaired) electrons. The number of benzene rings is 1. The maximum atomic E-state index is 12.2. The highest BCUT2D eigenvalue weighted by atomic mass is 79.9. The summed E-state index contributed by atoms with van der Waals surface area (Å²) in [5.41, 5.74) is 0.739. The van der Waals surface area contributed by atoms with Crippen molar-refractivity contribution in [3.63, 3.8) is 0 Å². The Morgan fingerprint density at radius 2 is 1.88 bits per heavy atom. The minimum Gasteiger partial charge on any atom is -0.339 e. The number of para-hydroxylation sites is 1. The van der Waals surface area contributed by atoms with E-state index in [9.17, 15) is 4.79 Å². The molecule has 1 atom stereocenters. The molecule has 1 aromatic carbocycles. The first-order chi connectivity index (χ1) is 11.3. The van der Waals surface area contributed by atoms with Gasteiger partial charge in [0, 0.05) is 4.47 Å². The Morgan fingerprint density at radius 3 is 2.46 bits per heavy atom. The molecule has 0 spiro atoms. The second kappa shape index (κ2) is 8.69. The highest BCUT2D eigenvalue weighted by Gasteiger charge is 2.35. The highest BCUT2D eigenvalue weighted by Crippen LogP contribution is 2.29. The van der Waals surface area contributed by atoms with Crippen molar-refractivity contribution in [3.8, 4) is 0 Å². The van der Waals surface area contributed by atoms with Gasteiger partial charge in [-0.2, -0.15) is 0 Å². The van der Waals surface area contributed by atoms with Crippen LogP contribution < -0.4 is 16.0 Å². The van der Waals surface area contributed by atoms with Gasteiger partial charge in [-0.05, 0) is 51.7 Å². The van der Waals surface area contributed by atoms with Crippen molar-refractivity contribution >= 4 is 91.0 Å². The van der Waals surface area contributed by atoms with Crippen molar-refractivity contribution in [2.45, 2.75) is 9.96 Å². The summed E-state index contributed by atoms with van der Waals surface area (Å²) in [6.45, 7) is 0. The Hall–Kier alpha value is -0.570. The molecule has 0 bridgehead atoms. The average Bonchev–Trinajstić information content (AvgIpc) is 3.02. The van der Waals surface area contributed by atoms with Crippen LogP contribution in [0.4, 0.5) is 5.69 Å². The first-order valence-electron chi connectivity index (χ1n) is 6.50. The molecule has 1 heterocycles. The third-order valence-corrected chi connectivity index (χ3v) is 5.18. The summed E-state index contributed by atoms with van der Waals surface area (Å²) >= 11 is 27.7. The van der Waals surface area contributed by atoms with E-state index in [1.165, 1.54) is 11.3 Å². The largest absolute Gasteiger partial charge is 0.339 e. The van der Waals surface area contributed by atoms with Gasteiger partial charge < -0.3 is 16.0 Å². The number of hydrogen-bond acceptors (Lipinski definition) is 3. The molecule has 2 rings (SSSR count). The third kappa shape index (κ3) is 5.75. The smallest absolute Gasteiger partial charge is 0.263 e. The van der Waals surface area contributed by atoms with Gasteiger partial charge in [0.2, 0.25) is 3.79 Å². The Bertz CT molecular complexity index is 722. The molecule has 0 saturated heterocycles. The summed E-state index contributed by atoms with van der Waals surface area (Å²) in [5.74, 6) is -0.363. The quantitative estimate of drug-likeness (QED) is 0.325. The zero-order valence-electron chi connectivity index (χ0n) is 11.9. The van der Waals surface area contributed by atoms with Gasteiger partial charge in [0.05, 0.1) is 10.6 Å². The number of amides is 1. The van der Waals surface area contributed by atoms with E-state index in [-0.39, 0.29) is 11.0 Å². The summed E-state index contributed by atoms with van der Waals surface area (Å²) in [4.78, 5) is 12.7. The number of carbonyl (C=O) groups excluding carboxylic acids is 1. The van der Waals surface area contributed by atoms with Gasteiger partial charge in [-0.1, -0.05) is 53.0 Å². The van der Waals surface area contributed by atoms with Gasteiger partial charge >= 0.3 is 0 Å². The summed E-state index contributed by atoms with van der Waals surface area (Å²) in [6.07, 6.45) is -1.01. The Balaban J connectivity index is 2.05. The molecule has 10 heteroatoms. The van der Waals surface area contributed by atoms with Gasteiger partial charge in [-0.15, -0.1) is 11.3 Å². The van der Waals surface area contributed by atoms with Crippen LogP contribution in [0.1, 0.15) is 9.67 Å². The van der Waals surface area contributed by atoms with Gasteiger partial charge in [-0.3, -0.25) is 4.79 Å². The van der Waals surface area contributed by atoms with Crippen LogP contribution in [0, 0.1) is 0 Å². The Kier molecular flexibility index (Phi) is 7.15. The molecule has 1 amide bonds. The molecule has 0 fully saturated rings. The summed E-state index contributed by atoms with van der Waals surface area (Å²) in [6, 6.07) is 10.8. The van der Waals surface area contributed by atoms with Crippen molar-refractivity contribution in [1.82, 2.24) is 10.6 Å². The second-order valence-corrected chi connectivity index (χ2v) is 9.08. The number of rotatable bonds is 4. The fourth-order valence-corrected chi connectivity index (χ4v) is 3.23. The minimum atomic E-state index is -1.80. The Labute approximate surface area is 172 Å². The maximum absolute atomic E-state index is 12.2. The van der Waals surface area contributed by atoms with E-state index in [1.807, 2.05) is 24.3 Å². The SMILES string of the molecule is O=C(NC(NC(=S)Nc1ccccc1Br)C(Cl)(Cl)Cl)c1cccs1. The fourth-order valence-electron chi connectivity index (χ4n) is 1.66. The molecule has 0 aliphatic heterocycles. The molecule has 1 unspecified atom stereocenters. The lowest BCUT2D eigenvalue weighted by Crippen LogP contribution is -2.56. The molecule has 0 aliphatic rings. The van der Waals surface area contributed by atoms with E-state index in [0.717, 1.165) is 10.2 Å². The number of alkyl halides is 3. The average molecular weight is 488 g/mol. The van der Waals surface area contributed by atoms with Crippen LogP contribution >= 0.6 is 74.3 Å². The van der Waals surface area contributed by atoms with Crippen LogP contribution in [0.25, 0.3) is 0 Å². The number of thiophene rings is 1. The van der Waals surface area contributed by atoms with E-state index >= 15 is 0 Å². The number of nitrogens with one attached hydrogen (secondary N) is 3. The third-order valence-electron chi connectivity index (χ3n) is 2.75. The van der Waals surface area contributed by atoms with Gasteiger partial charge in [-0.25, -0.2) is 0 Å². The summed E-state index contributed by atoms with van der Waals surface area (Å²) in [5, 5.41) is 10.4. The minimum absolute atomic E-state index is 0.199. The van der Waals surface area contributed by atoms with Crippen LogP contribution in [-0.4, -0.2) is 21.0 Å². The first-order valence-corrected chi connectivity index (χ1v) is 9.72. The normalized spacial score (nSPS) is 12.3. The lowest BCUT2D eigenvalue weighted by atomic mass is 10.3. The summed E-state index contributed by atoms with van der Waals surface area (Å²) < 4.78 is -0.978. The monoisotopic (exact) mass is 485 g/mol. The van der Waals surface area contributed by atoms with Gasteiger partial charge in [0.25, 0.3) is 5.91 Å². The first kappa shape index (κ1) is 19.8. The topological polar surface area (TPSA) is 53.2 Å². The number of hydrogen-bond donors (Lipinski definition) is 3. The highest BCUT2D eigenvalue weighted by molar-refractivity contribution is 9.10. The lowest BCUT2D eigenvalue weighted by molar-refractivity contribution is 0.0938. The zero-order chi connectivity index (χ0) is 17.7. The molecular formula is C14H11BrCl3N3OS2. The van der Waals surface area contributed by atoms with Gasteiger partial charge in [0.1, 0.15) is 6.17 Å². The van der Waals surface area contributed by atoms with Crippen LogP contribution in [0.2, 0.25) is 0 Å². The molecule has 1 aromatic heterocycles. The molecule has 3 N–H and O–H groups in total. The number of thiocarbonyl (C=S) groups is 1. The number of carbonyl (C=O) groups is 1. The standard InChI is InChI=1S/C14H11BrCl3N3OS2/c15-8-4-1-2-5-9(8)19-13(23)21-12(14(16,17)18)20-11(22)10-6-3-7-24-10/h1-7,12H,(H,20,22)(H2,19,21,23). The van der Waals surface area contributed by atoms with E-state index in [4.69, 9.17) is 47.0 Å². The molecule has 4 nitrogen and oxygen atoms in total. The second-order valence-electron chi connectivity index (χ2n) is 4.50. The van der Waals surface area contributed by atoms with Crippen LogP contribution in [0.5, 0.6) is 0 Å². The molecule has 2 aromatic rings. The van der Waals surface area contributed by atoms with Crippen molar-refractivity contribution in [2.24, 2.45) is 0 Å². The predicted octanol–water partition coefficient (Wildman–Crippen LogP) is 4.92. The fraction of sp³-hybridized carbons (Fsp3) is 0.143. The van der Waals surface area contributed by atoms with E-state index in [1.54, 1.807) is 17.5 Å². The predicted molar refractivity (Wildman–Crippen MR) is 109 cm³/mol. The van der Waals surface area contributed by atoms with E-state index < -0.39 is 9.96 Å². The van der Waals surface area contributed by atoms with Gasteiger partial charge in [0.15, 0.2) is 5.11 Å². The molecule has 24 heavy (non-hydrogen) atoms. The lowest BCUT2D eigenvalue weighted by Gasteiger charge is -2.27. The van der Waals surface area contributed by atoms with Crippen molar-refractivity contribution in [3.05, 3.63) is 51.1 Å². The molecule has 0 aliphatic carbocycles. The van der Waals surface area contributed by atoms with E-state index in [2.05, 4.69) is 31.9 Å². The zero-order valence-corrected chi connectivity index (χ0v) is 17.3. The number of halogens is 4. The van der Waals surface area contributed by atoms with Crippen LogP contribution in [-0.2, 0) is 0 Å². The van der Waals surface area contributed by atoms with Crippen molar-refractivity contribution < 1.29 is 4.79 Å². The molecule has 0 saturated carbocycles. The number of anilines is 1. The van der Waals surface area contributed by atoms with Crippen LogP contribution in [0.3, 0.4) is 0 Å². The molecular weight excluding hydrogens is 477 g/mol. The van der Waals surface area contributed by atoms with Crippen molar-refractivity contribution in [1.29, 1.82) is 0 Å². The van der Waals surface area contributed by atoms with Crippen molar-refractivity contribution in [2.75, 3.05) is 5.32 Å². The van der Waals surface area contributed by atoms with E-state index in [0.29, 0.717) is 4.88 Å². The summed E-state index contributed by atoms with van der Waals surface area (Å²) in [7, 11) is 0. The molecule has 128 valence electrons. The maximum Gasteiger partial charge on any atom is 0.263 e. The van der Waals surface area contributed by atoms with Crippen LogP contribution in [0.15, 0.2) is 46.3 Å². The Morgan fingerprint density at radius 1 is 1.17 bits per heavy atom.